The van der Waals surface area contributed by atoms with Gasteiger partial charge in [0.25, 0.3) is 5.56 Å². The van der Waals surface area contributed by atoms with Gasteiger partial charge in [0.15, 0.2) is 0 Å². The number of alkyl halides is 4. The first kappa shape index (κ1) is 31.6. The fourth-order valence-corrected chi connectivity index (χ4v) is 6.15. The van der Waals surface area contributed by atoms with Crippen LogP contribution in [-0.4, -0.2) is 77.1 Å². The molecule has 0 saturated heterocycles. The molecule has 0 bridgehead atoms. The van der Waals surface area contributed by atoms with E-state index >= 15 is 0 Å². The molecule has 230 valence electrons. The smallest absolute Gasteiger partial charge is 0.351 e. The number of rotatable bonds is 11. The van der Waals surface area contributed by atoms with Crippen LogP contribution in [0.3, 0.4) is 0 Å². The summed E-state index contributed by atoms with van der Waals surface area (Å²) in [7, 11) is -2.32. The van der Waals surface area contributed by atoms with Crippen molar-refractivity contribution in [1.29, 1.82) is 0 Å². The number of anilines is 2. The molecule has 3 aromatic heterocycles. The highest BCUT2D eigenvalue weighted by Crippen LogP contribution is 2.27. The van der Waals surface area contributed by atoms with Crippen LogP contribution in [0.4, 0.5) is 29.3 Å². The Morgan fingerprint density at radius 3 is 2.43 bits per heavy atom. The summed E-state index contributed by atoms with van der Waals surface area (Å²) in [6.45, 7) is 3.77. The second-order valence-electron chi connectivity index (χ2n) is 10.8. The Bertz CT molecular complexity index is 1540. The number of halogens is 4. The topological polar surface area (TPSA) is 122 Å². The van der Waals surface area contributed by atoms with Crippen LogP contribution in [0.1, 0.15) is 52.0 Å². The molecule has 2 N–H and O–H groups in total. The molecule has 0 spiro atoms. The Kier molecular flexibility index (Phi) is 9.70. The van der Waals surface area contributed by atoms with Crippen LogP contribution < -0.4 is 15.6 Å². The fraction of sp³-hybridized carbons (Fsp3) is 0.556. The van der Waals surface area contributed by atoms with E-state index in [1.165, 1.54) is 18.3 Å². The molecule has 0 radical (unpaired) electrons. The van der Waals surface area contributed by atoms with Crippen LogP contribution >= 0.6 is 0 Å². The van der Waals surface area contributed by atoms with E-state index in [0.29, 0.717) is 35.1 Å². The van der Waals surface area contributed by atoms with Crippen molar-refractivity contribution in [3.05, 3.63) is 40.9 Å². The summed E-state index contributed by atoms with van der Waals surface area (Å²) < 4.78 is 77.6. The molecule has 1 fully saturated rings. The van der Waals surface area contributed by atoms with Crippen molar-refractivity contribution in [2.45, 2.75) is 70.3 Å². The fourth-order valence-electron chi connectivity index (χ4n) is 5.11. The first-order valence-electron chi connectivity index (χ1n) is 13.7. The SMILES string of the molecule is CC(C)n1c(=O)c(-c2ccc(NS(=O)(=O)CCC(F)(F)F)nc2)cc2cnc(NC3CCC(N(C)CCF)CC3)nc21. The highest BCUT2D eigenvalue weighted by Gasteiger charge is 2.30. The Labute approximate surface area is 241 Å². The number of fused-ring (bicyclic) bond motifs is 1. The standard InChI is InChI=1S/C27H35F4N7O3S/c1-17(2)38-24-19(16-33-26(35-24)34-20-5-7-21(8-6-20)37(3)12-11-28)14-22(25(38)39)18-4-9-23(32-15-18)36-42(40,41)13-10-27(29,30)31/h4,9,14-17,20-21H,5-8,10-13H2,1-3H3,(H,32,36)(H,33,34,35). The summed E-state index contributed by atoms with van der Waals surface area (Å²) in [5.74, 6) is -0.874. The van der Waals surface area contributed by atoms with Gasteiger partial charge in [-0.15, -0.1) is 0 Å². The molecule has 0 unspecified atom stereocenters. The summed E-state index contributed by atoms with van der Waals surface area (Å²) in [5, 5.41) is 3.99. The van der Waals surface area contributed by atoms with Crippen molar-refractivity contribution in [3.63, 3.8) is 0 Å². The minimum Gasteiger partial charge on any atom is -0.351 e. The molecule has 1 aliphatic rings. The maximum Gasteiger partial charge on any atom is 0.390 e. The van der Waals surface area contributed by atoms with E-state index in [1.807, 2.05) is 25.6 Å². The number of hydrogen-bond donors (Lipinski definition) is 2. The molecule has 1 aliphatic carbocycles. The molecule has 42 heavy (non-hydrogen) atoms. The van der Waals surface area contributed by atoms with Gasteiger partial charge in [-0.1, -0.05) is 0 Å². The van der Waals surface area contributed by atoms with Gasteiger partial charge >= 0.3 is 6.18 Å². The number of aromatic nitrogens is 4. The third-order valence-electron chi connectivity index (χ3n) is 7.37. The quantitative estimate of drug-likeness (QED) is 0.297. The molecule has 15 heteroatoms. The van der Waals surface area contributed by atoms with Gasteiger partial charge in [0.1, 0.15) is 18.1 Å². The Hall–Kier alpha value is -3.33. The molecule has 3 aromatic rings. The summed E-state index contributed by atoms with van der Waals surface area (Å²) >= 11 is 0. The zero-order valence-corrected chi connectivity index (χ0v) is 24.5. The second-order valence-corrected chi connectivity index (χ2v) is 12.7. The van der Waals surface area contributed by atoms with Gasteiger partial charge in [0, 0.05) is 53.6 Å². The molecule has 4 rings (SSSR count). The van der Waals surface area contributed by atoms with E-state index < -0.39 is 28.4 Å². The maximum atomic E-state index is 13.6. The van der Waals surface area contributed by atoms with Crippen molar-refractivity contribution >= 4 is 32.8 Å². The molecule has 0 atom stereocenters. The van der Waals surface area contributed by atoms with Crippen LogP contribution in [0.2, 0.25) is 0 Å². The summed E-state index contributed by atoms with van der Waals surface area (Å²) in [4.78, 5) is 28.8. The van der Waals surface area contributed by atoms with Crippen molar-refractivity contribution in [3.8, 4) is 11.1 Å². The Balaban J connectivity index is 1.54. The van der Waals surface area contributed by atoms with E-state index in [0.717, 1.165) is 25.7 Å². The largest absolute Gasteiger partial charge is 0.390 e. The van der Waals surface area contributed by atoms with Crippen LogP contribution in [0, 0.1) is 0 Å². The highest BCUT2D eigenvalue weighted by atomic mass is 32.2. The van der Waals surface area contributed by atoms with Crippen LogP contribution in [0.25, 0.3) is 22.2 Å². The predicted octanol–water partition coefficient (Wildman–Crippen LogP) is 4.75. The molecule has 3 heterocycles. The van der Waals surface area contributed by atoms with E-state index in [4.69, 9.17) is 0 Å². The van der Waals surface area contributed by atoms with Gasteiger partial charge in [-0.3, -0.25) is 14.1 Å². The molecular weight excluding hydrogens is 578 g/mol. The van der Waals surface area contributed by atoms with Gasteiger partial charge in [0.2, 0.25) is 16.0 Å². The molecule has 0 aliphatic heterocycles. The van der Waals surface area contributed by atoms with E-state index in [-0.39, 0.29) is 35.7 Å². The minimum absolute atomic E-state index is 0.159. The van der Waals surface area contributed by atoms with Crippen molar-refractivity contribution in [2.75, 3.05) is 36.1 Å². The van der Waals surface area contributed by atoms with Gasteiger partial charge in [-0.05, 0) is 64.8 Å². The molecule has 0 amide bonds. The molecule has 10 nitrogen and oxygen atoms in total. The molecule has 1 saturated carbocycles. The lowest BCUT2D eigenvalue weighted by Crippen LogP contribution is -2.39. The van der Waals surface area contributed by atoms with Gasteiger partial charge in [0.05, 0.1) is 12.2 Å². The van der Waals surface area contributed by atoms with Gasteiger partial charge in [-0.25, -0.2) is 22.8 Å². The normalized spacial score (nSPS) is 18.1. The Morgan fingerprint density at radius 1 is 1.12 bits per heavy atom. The average molecular weight is 614 g/mol. The minimum atomic E-state index is -4.60. The first-order valence-corrected chi connectivity index (χ1v) is 15.4. The lowest BCUT2D eigenvalue weighted by atomic mass is 9.90. The Morgan fingerprint density at radius 2 is 1.83 bits per heavy atom. The summed E-state index contributed by atoms with van der Waals surface area (Å²) in [6.07, 6.45) is 0.475. The first-order chi connectivity index (χ1) is 19.8. The van der Waals surface area contributed by atoms with Crippen molar-refractivity contribution in [2.24, 2.45) is 0 Å². The van der Waals surface area contributed by atoms with E-state index in [1.54, 1.807) is 16.8 Å². The number of hydrogen-bond acceptors (Lipinski definition) is 8. The van der Waals surface area contributed by atoms with Crippen molar-refractivity contribution < 1.29 is 26.0 Å². The monoisotopic (exact) mass is 613 g/mol. The summed E-state index contributed by atoms with van der Waals surface area (Å²) in [6, 6.07) is 4.65. The van der Waals surface area contributed by atoms with Crippen molar-refractivity contribution in [1.82, 2.24) is 24.4 Å². The number of nitrogens with one attached hydrogen (secondary N) is 2. The number of nitrogens with zero attached hydrogens (tertiary/aromatic N) is 5. The molecule has 0 aromatic carbocycles. The highest BCUT2D eigenvalue weighted by molar-refractivity contribution is 7.92. The third-order valence-corrected chi connectivity index (χ3v) is 8.63. The lowest BCUT2D eigenvalue weighted by Gasteiger charge is -2.34. The average Bonchev–Trinajstić information content (AvgIpc) is 2.92. The second kappa shape index (κ2) is 12.9. The zero-order valence-electron chi connectivity index (χ0n) is 23.7. The van der Waals surface area contributed by atoms with Gasteiger partial charge in [-0.2, -0.15) is 18.2 Å². The van der Waals surface area contributed by atoms with E-state index in [9.17, 15) is 30.8 Å². The van der Waals surface area contributed by atoms with Crippen LogP contribution in [0.5, 0.6) is 0 Å². The summed E-state index contributed by atoms with van der Waals surface area (Å²) in [5.41, 5.74) is 0.801. The number of pyridine rings is 2. The predicted molar refractivity (Wildman–Crippen MR) is 154 cm³/mol. The third kappa shape index (κ3) is 7.94. The van der Waals surface area contributed by atoms with E-state index in [2.05, 4.69) is 25.2 Å². The lowest BCUT2D eigenvalue weighted by molar-refractivity contribution is -0.129. The maximum absolute atomic E-state index is 13.6. The zero-order chi connectivity index (χ0) is 30.7. The molecular formula is C27H35F4N7O3S. The van der Waals surface area contributed by atoms with Crippen LogP contribution in [0.15, 0.2) is 35.4 Å². The van der Waals surface area contributed by atoms with Crippen LogP contribution in [-0.2, 0) is 10.0 Å². The van der Waals surface area contributed by atoms with Gasteiger partial charge < -0.3 is 10.2 Å². The number of sulfonamides is 1.